The number of nitrogens with one attached hydrogen (secondary N) is 4. The van der Waals surface area contributed by atoms with E-state index >= 15 is 0 Å². The molecule has 0 aromatic carbocycles. The molecule has 0 bridgehead atoms. The Labute approximate surface area is 142 Å². The molecular formula is C17H27N5O2. The number of carbonyl (C=O) groups excluding carboxylic acids is 1. The van der Waals surface area contributed by atoms with Crippen molar-refractivity contribution in [2.24, 2.45) is 5.92 Å². The summed E-state index contributed by atoms with van der Waals surface area (Å²) in [4.78, 5) is 16.7. The molecule has 132 valence electrons. The molecule has 1 amide bonds. The number of aromatic nitrogens is 1. The summed E-state index contributed by atoms with van der Waals surface area (Å²) in [6, 6.07) is 3.96. The Hall–Kier alpha value is -1.70. The standard InChI is InChI=1S/C17H27N5O2/c1-3-11(2)24-15-8-12(4-7-19-15)9-20-17(23)16-13-10-18-6-5-14(13)21-22-16/h4,7-8,11,13-14,16,18,21-22H,3,5-6,9-10H2,1-2H3,(H,20,23). The van der Waals surface area contributed by atoms with E-state index in [-0.39, 0.29) is 18.1 Å². The lowest BCUT2D eigenvalue weighted by Gasteiger charge is -2.27. The Bertz CT molecular complexity index is 568. The number of pyridine rings is 1. The van der Waals surface area contributed by atoms with Gasteiger partial charge >= 0.3 is 0 Å². The monoisotopic (exact) mass is 333 g/mol. The number of rotatable bonds is 6. The summed E-state index contributed by atoms with van der Waals surface area (Å²) in [5.41, 5.74) is 7.37. The van der Waals surface area contributed by atoms with Crippen LogP contribution in [0.25, 0.3) is 0 Å². The van der Waals surface area contributed by atoms with Crippen molar-refractivity contribution in [3.63, 3.8) is 0 Å². The molecule has 0 saturated carbocycles. The number of hydrazine groups is 1. The summed E-state index contributed by atoms with van der Waals surface area (Å²) in [5.74, 6) is 0.925. The van der Waals surface area contributed by atoms with Crippen molar-refractivity contribution >= 4 is 5.91 Å². The molecule has 3 heterocycles. The summed E-state index contributed by atoms with van der Waals surface area (Å²) in [5, 5.41) is 6.38. The van der Waals surface area contributed by atoms with E-state index in [2.05, 4.69) is 33.4 Å². The maximum Gasteiger partial charge on any atom is 0.239 e. The zero-order valence-corrected chi connectivity index (χ0v) is 14.3. The molecular weight excluding hydrogens is 306 g/mol. The zero-order valence-electron chi connectivity index (χ0n) is 14.3. The molecule has 1 aromatic rings. The van der Waals surface area contributed by atoms with Gasteiger partial charge in [0.05, 0.1) is 6.10 Å². The van der Waals surface area contributed by atoms with Crippen molar-refractivity contribution in [1.82, 2.24) is 26.5 Å². The van der Waals surface area contributed by atoms with Crippen LogP contribution in [0.15, 0.2) is 18.3 Å². The van der Waals surface area contributed by atoms with Crippen molar-refractivity contribution in [3.05, 3.63) is 23.9 Å². The number of hydrogen-bond donors (Lipinski definition) is 4. The van der Waals surface area contributed by atoms with Gasteiger partial charge in [-0.05, 0) is 37.9 Å². The summed E-state index contributed by atoms with van der Waals surface area (Å²) in [7, 11) is 0. The fourth-order valence-corrected chi connectivity index (χ4v) is 3.19. The highest BCUT2D eigenvalue weighted by atomic mass is 16.5. The van der Waals surface area contributed by atoms with Crippen LogP contribution in [-0.2, 0) is 11.3 Å². The average Bonchev–Trinajstić information content (AvgIpc) is 3.04. The molecule has 7 nitrogen and oxygen atoms in total. The number of hydrogen-bond acceptors (Lipinski definition) is 6. The second kappa shape index (κ2) is 7.92. The summed E-state index contributed by atoms with van der Waals surface area (Å²) >= 11 is 0. The quantitative estimate of drug-likeness (QED) is 0.600. The van der Waals surface area contributed by atoms with Gasteiger partial charge in [-0.1, -0.05) is 6.92 Å². The third kappa shape index (κ3) is 4.03. The Kier molecular flexibility index (Phi) is 5.65. The number of nitrogens with zero attached hydrogens (tertiary/aromatic N) is 1. The first-order chi connectivity index (χ1) is 11.7. The van der Waals surface area contributed by atoms with Gasteiger partial charge in [-0.2, -0.15) is 0 Å². The van der Waals surface area contributed by atoms with Crippen molar-refractivity contribution < 1.29 is 9.53 Å². The maximum absolute atomic E-state index is 12.5. The van der Waals surface area contributed by atoms with Crippen molar-refractivity contribution in [3.8, 4) is 5.88 Å². The highest BCUT2D eigenvalue weighted by Crippen LogP contribution is 2.20. The smallest absolute Gasteiger partial charge is 0.239 e. The molecule has 3 rings (SSSR count). The number of piperidine rings is 1. The lowest BCUT2D eigenvalue weighted by atomic mass is 9.89. The van der Waals surface area contributed by atoms with Gasteiger partial charge in [0.1, 0.15) is 6.04 Å². The highest BCUT2D eigenvalue weighted by molar-refractivity contribution is 5.82. The van der Waals surface area contributed by atoms with Crippen LogP contribution in [0.3, 0.4) is 0 Å². The minimum absolute atomic E-state index is 0.0277. The van der Waals surface area contributed by atoms with Gasteiger partial charge in [-0.3, -0.25) is 10.2 Å². The first kappa shape index (κ1) is 17.1. The van der Waals surface area contributed by atoms with Crippen molar-refractivity contribution in [2.75, 3.05) is 13.1 Å². The number of fused-ring (bicyclic) bond motifs is 1. The predicted molar refractivity (Wildman–Crippen MR) is 91.3 cm³/mol. The van der Waals surface area contributed by atoms with Crippen molar-refractivity contribution in [1.29, 1.82) is 0 Å². The number of ether oxygens (including phenoxy) is 1. The molecule has 1 aromatic heterocycles. The van der Waals surface area contributed by atoms with Crippen LogP contribution in [-0.4, -0.2) is 42.2 Å². The zero-order chi connectivity index (χ0) is 16.9. The summed E-state index contributed by atoms with van der Waals surface area (Å²) in [6.45, 7) is 6.43. The first-order valence-electron chi connectivity index (χ1n) is 8.78. The van der Waals surface area contributed by atoms with Crippen LogP contribution in [0.5, 0.6) is 5.88 Å². The molecule has 7 heteroatoms. The Morgan fingerprint density at radius 3 is 3.21 bits per heavy atom. The van der Waals surface area contributed by atoms with Gasteiger partial charge in [0.2, 0.25) is 11.8 Å². The maximum atomic E-state index is 12.5. The van der Waals surface area contributed by atoms with E-state index in [4.69, 9.17) is 4.74 Å². The highest BCUT2D eigenvalue weighted by Gasteiger charge is 2.40. The van der Waals surface area contributed by atoms with Gasteiger partial charge < -0.3 is 15.4 Å². The van der Waals surface area contributed by atoms with Crippen LogP contribution in [0.1, 0.15) is 32.3 Å². The van der Waals surface area contributed by atoms with Gasteiger partial charge in [0, 0.05) is 37.3 Å². The van der Waals surface area contributed by atoms with Crippen LogP contribution in [0.2, 0.25) is 0 Å². The third-order valence-corrected chi connectivity index (χ3v) is 4.83. The summed E-state index contributed by atoms with van der Waals surface area (Å²) in [6.07, 6.45) is 3.82. The minimum Gasteiger partial charge on any atom is -0.475 e. The van der Waals surface area contributed by atoms with Crippen LogP contribution in [0.4, 0.5) is 0 Å². The van der Waals surface area contributed by atoms with E-state index in [9.17, 15) is 4.79 Å². The predicted octanol–water partition coefficient (Wildman–Crippen LogP) is 0.330. The van der Waals surface area contributed by atoms with E-state index < -0.39 is 0 Å². The fourth-order valence-electron chi connectivity index (χ4n) is 3.19. The van der Waals surface area contributed by atoms with Gasteiger partial charge in [-0.15, -0.1) is 0 Å². The molecule has 24 heavy (non-hydrogen) atoms. The topological polar surface area (TPSA) is 87.3 Å². The Balaban J connectivity index is 1.53. The lowest BCUT2D eigenvalue weighted by molar-refractivity contribution is -0.124. The van der Waals surface area contributed by atoms with Crippen LogP contribution >= 0.6 is 0 Å². The van der Waals surface area contributed by atoms with Gasteiger partial charge in [-0.25, -0.2) is 10.4 Å². The summed E-state index contributed by atoms with van der Waals surface area (Å²) < 4.78 is 5.73. The average molecular weight is 333 g/mol. The number of amides is 1. The molecule has 0 aliphatic carbocycles. The van der Waals surface area contributed by atoms with Crippen molar-refractivity contribution in [2.45, 2.75) is 51.4 Å². The minimum atomic E-state index is -0.194. The third-order valence-electron chi connectivity index (χ3n) is 4.83. The van der Waals surface area contributed by atoms with E-state index in [0.717, 1.165) is 31.5 Å². The Morgan fingerprint density at radius 2 is 2.38 bits per heavy atom. The van der Waals surface area contributed by atoms with E-state index in [1.165, 1.54) is 0 Å². The molecule has 2 aliphatic heterocycles. The molecule has 0 radical (unpaired) electrons. The lowest BCUT2D eigenvalue weighted by Crippen LogP contribution is -2.49. The second-order valence-corrected chi connectivity index (χ2v) is 6.59. The number of carbonyl (C=O) groups is 1. The molecule has 0 spiro atoms. The molecule has 2 saturated heterocycles. The van der Waals surface area contributed by atoms with E-state index in [1.807, 2.05) is 19.1 Å². The molecule has 4 N–H and O–H groups in total. The molecule has 4 atom stereocenters. The molecule has 2 aliphatic rings. The molecule has 2 fully saturated rings. The SMILES string of the molecule is CCC(C)Oc1cc(CNC(=O)C2NNC3CCNCC32)ccn1. The van der Waals surface area contributed by atoms with Crippen LogP contribution < -0.4 is 26.2 Å². The van der Waals surface area contributed by atoms with E-state index in [0.29, 0.717) is 24.4 Å². The van der Waals surface area contributed by atoms with E-state index in [1.54, 1.807) is 6.20 Å². The van der Waals surface area contributed by atoms with Crippen LogP contribution in [0, 0.1) is 5.92 Å². The van der Waals surface area contributed by atoms with Gasteiger partial charge in [0.25, 0.3) is 0 Å². The largest absolute Gasteiger partial charge is 0.475 e. The van der Waals surface area contributed by atoms with Gasteiger partial charge in [0.15, 0.2) is 0 Å². The first-order valence-corrected chi connectivity index (χ1v) is 8.78. The Morgan fingerprint density at radius 1 is 1.50 bits per heavy atom. The molecule has 4 unspecified atom stereocenters. The fraction of sp³-hybridized carbons (Fsp3) is 0.647. The second-order valence-electron chi connectivity index (χ2n) is 6.59. The normalized spacial score (nSPS) is 27.3.